The molecule has 0 saturated heterocycles. The molecule has 0 radical (unpaired) electrons. The number of hydrogen-bond acceptors (Lipinski definition) is 3. The number of aromatic nitrogens is 2. The van der Waals surface area contributed by atoms with Gasteiger partial charge in [-0.1, -0.05) is 170 Å². The van der Waals surface area contributed by atoms with E-state index in [0.717, 1.165) is 50.0 Å². The summed E-state index contributed by atoms with van der Waals surface area (Å²) in [6.45, 7) is 0. The van der Waals surface area contributed by atoms with Gasteiger partial charge in [0.05, 0.1) is 16.8 Å². The Kier molecular flexibility index (Phi) is 6.55. The molecular formula is C53H32N2O. The van der Waals surface area contributed by atoms with Gasteiger partial charge in [0.1, 0.15) is 11.2 Å². The molecule has 0 saturated carbocycles. The molecule has 12 rings (SSSR count). The highest BCUT2D eigenvalue weighted by Gasteiger charge is 2.49. The van der Waals surface area contributed by atoms with Gasteiger partial charge in [0.2, 0.25) is 0 Å². The van der Waals surface area contributed by atoms with Crippen molar-refractivity contribution in [3.8, 4) is 67.3 Å². The van der Waals surface area contributed by atoms with Gasteiger partial charge in [-0.3, -0.25) is 0 Å². The van der Waals surface area contributed by atoms with E-state index in [2.05, 4.69) is 176 Å². The van der Waals surface area contributed by atoms with E-state index in [9.17, 15) is 0 Å². The Morgan fingerprint density at radius 3 is 1.55 bits per heavy atom. The second kappa shape index (κ2) is 11.8. The van der Waals surface area contributed by atoms with E-state index in [1.54, 1.807) is 0 Å². The summed E-state index contributed by atoms with van der Waals surface area (Å²) in [5.74, 6) is 0.665. The Balaban J connectivity index is 1.18. The molecule has 2 heterocycles. The van der Waals surface area contributed by atoms with Crippen molar-refractivity contribution in [1.29, 1.82) is 0 Å². The molecule has 260 valence electrons. The Labute approximate surface area is 324 Å². The van der Waals surface area contributed by atoms with Crippen LogP contribution in [0, 0.1) is 0 Å². The van der Waals surface area contributed by atoms with Crippen molar-refractivity contribution in [1.82, 2.24) is 9.97 Å². The average Bonchev–Trinajstić information content (AvgIpc) is 3.77. The van der Waals surface area contributed by atoms with Crippen molar-refractivity contribution in [3.63, 3.8) is 0 Å². The van der Waals surface area contributed by atoms with Crippen molar-refractivity contribution in [3.05, 3.63) is 216 Å². The van der Waals surface area contributed by atoms with E-state index in [1.165, 1.54) is 55.6 Å². The summed E-state index contributed by atoms with van der Waals surface area (Å²) in [7, 11) is 0. The second-order valence-corrected chi connectivity index (χ2v) is 14.8. The lowest BCUT2D eigenvalue weighted by Crippen LogP contribution is -2.29. The smallest absolute Gasteiger partial charge is 0.160 e. The molecule has 10 aromatic rings. The van der Waals surface area contributed by atoms with Crippen molar-refractivity contribution >= 4 is 21.9 Å². The molecule has 1 spiro atoms. The fraction of sp³-hybridized carbons (Fsp3) is 0.0189. The normalized spacial score (nSPS) is 13.1. The van der Waals surface area contributed by atoms with E-state index in [-0.39, 0.29) is 0 Å². The standard InChI is InChI=1S/C53H32N2O/c1-2-15-33(16-3-1)48-32-49(43-24-14-23-42-41-22-9-13-28-50(41)56-51(42)43)55-52(54-48)34-29-30-40-36-18-5-4-17-35(36)37-19-6-10-25-44(37)53(47(40)31-34)45-26-11-7-20-38(45)39-21-8-12-27-46(39)53/h1-32H. The molecule has 0 aliphatic heterocycles. The van der Waals surface area contributed by atoms with E-state index >= 15 is 0 Å². The third kappa shape index (κ3) is 4.28. The third-order valence-electron chi connectivity index (χ3n) is 11.9. The van der Waals surface area contributed by atoms with E-state index in [1.807, 2.05) is 18.2 Å². The van der Waals surface area contributed by atoms with E-state index < -0.39 is 5.41 Å². The molecule has 0 bridgehead atoms. The first-order valence-electron chi connectivity index (χ1n) is 19.2. The van der Waals surface area contributed by atoms with E-state index in [0.29, 0.717) is 5.82 Å². The van der Waals surface area contributed by atoms with Gasteiger partial charge in [-0.25, -0.2) is 9.97 Å². The van der Waals surface area contributed by atoms with Gasteiger partial charge in [-0.05, 0) is 79.9 Å². The van der Waals surface area contributed by atoms with Crippen molar-refractivity contribution < 1.29 is 4.42 Å². The molecular weight excluding hydrogens is 681 g/mol. The maximum Gasteiger partial charge on any atom is 0.160 e. The average molecular weight is 713 g/mol. The maximum atomic E-state index is 6.55. The van der Waals surface area contributed by atoms with Crippen molar-refractivity contribution in [2.45, 2.75) is 5.41 Å². The summed E-state index contributed by atoms with van der Waals surface area (Å²) < 4.78 is 6.55. The Morgan fingerprint density at radius 1 is 0.339 bits per heavy atom. The van der Waals surface area contributed by atoms with Crippen LogP contribution in [0.3, 0.4) is 0 Å². The molecule has 0 amide bonds. The minimum Gasteiger partial charge on any atom is -0.455 e. The van der Waals surface area contributed by atoms with Crippen LogP contribution < -0.4 is 0 Å². The number of rotatable bonds is 3. The number of fused-ring (bicyclic) bond motifs is 15. The number of para-hydroxylation sites is 2. The largest absolute Gasteiger partial charge is 0.455 e. The van der Waals surface area contributed by atoms with Crippen LogP contribution in [0.2, 0.25) is 0 Å². The Bertz CT molecular complexity index is 3170. The molecule has 56 heavy (non-hydrogen) atoms. The topological polar surface area (TPSA) is 38.9 Å². The first kappa shape index (κ1) is 31.0. The summed E-state index contributed by atoms with van der Waals surface area (Å²) in [5.41, 5.74) is 18.2. The molecule has 2 aliphatic rings. The maximum absolute atomic E-state index is 6.55. The quantitative estimate of drug-likeness (QED) is 0.183. The molecule has 0 fully saturated rings. The molecule has 3 nitrogen and oxygen atoms in total. The highest BCUT2D eigenvalue weighted by atomic mass is 16.3. The highest BCUT2D eigenvalue weighted by molar-refractivity contribution is 6.09. The van der Waals surface area contributed by atoms with Gasteiger partial charge in [0, 0.05) is 27.5 Å². The molecule has 2 aliphatic carbocycles. The SMILES string of the molecule is c1ccc(-c2cc(-c3cccc4c3oc3ccccc34)nc(-c3ccc4c(c3)C3(c5ccccc5-c5ccccc5-4)c4ccccc4-c4ccccc43)n2)cc1. The summed E-state index contributed by atoms with van der Waals surface area (Å²) in [4.78, 5) is 10.8. The Hall–Kier alpha value is -7.36. The highest BCUT2D eigenvalue weighted by Crippen LogP contribution is 2.61. The van der Waals surface area contributed by atoms with Crippen LogP contribution in [-0.2, 0) is 5.41 Å². The number of nitrogens with zero attached hydrogens (tertiary/aromatic N) is 2. The van der Waals surface area contributed by atoms with Crippen LogP contribution in [0.1, 0.15) is 22.3 Å². The minimum atomic E-state index is -0.589. The lowest BCUT2D eigenvalue weighted by molar-refractivity contribution is 0.670. The molecule has 0 atom stereocenters. The predicted molar refractivity (Wildman–Crippen MR) is 227 cm³/mol. The number of hydrogen-bond donors (Lipinski definition) is 0. The number of furan rings is 1. The lowest BCUT2D eigenvalue weighted by atomic mass is 9.65. The fourth-order valence-corrected chi connectivity index (χ4v) is 9.61. The third-order valence-corrected chi connectivity index (χ3v) is 11.9. The summed E-state index contributed by atoms with van der Waals surface area (Å²) in [6.07, 6.45) is 0. The predicted octanol–water partition coefficient (Wildman–Crippen LogP) is 13.4. The molecule has 3 heteroatoms. The summed E-state index contributed by atoms with van der Waals surface area (Å²) >= 11 is 0. The summed E-state index contributed by atoms with van der Waals surface area (Å²) in [5, 5.41) is 2.16. The molecule has 8 aromatic carbocycles. The summed E-state index contributed by atoms with van der Waals surface area (Å²) in [6, 6.07) is 69.7. The lowest BCUT2D eigenvalue weighted by Gasteiger charge is -2.35. The zero-order valence-corrected chi connectivity index (χ0v) is 30.3. The van der Waals surface area contributed by atoms with Crippen LogP contribution in [-0.4, -0.2) is 9.97 Å². The van der Waals surface area contributed by atoms with Crippen LogP contribution >= 0.6 is 0 Å². The van der Waals surface area contributed by atoms with Crippen molar-refractivity contribution in [2.75, 3.05) is 0 Å². The van der Waals surface area contributed by atoms with Crippen LogP contribution in [0.15, 0.2) is 199 Å². The van der Waals surface area contributed by atoms with Crippen LogP contribution in [0.4, 0.5) is 0 Å². The van der Waals surface area contributed by atoms with E-state index in [4.69, 9.17) is 14.4 Å². The number of benzene rings is 8. The second-order valence-electron chi connectivity index (χ2n) is 14.8. The van der Waals surface area contributed by atoms with Gasteiger partial charge in [-0.2, -0.15) is 0 Å². The molecule has 2 aromatic heterocycles. The van der Waals surface area contributed by atoms with Gasteiger partial charge >= 0.3 is 0 Å². The first-order chi connectivity index (χ1) is 27.8. The zero-order valence-electron chi connectivity index (χ0n) is 30.3. The van der Waals surface area contributed by atoms with Gasteiger partial charge in [0.25, 0.3) is 0 Å². The van der Waals surface area contributed by atoms with Crippen molar-refractivity contribution in [2.24, 2.45) is 0 Å². The first-order valence-corrected chi connectivity index (χ1v) is 19.2. The van der Waals surface area contributed by atoms with Crippen LogP contribution in [0.5, 0.6) is 0 Å². The Morgan fingerprint density at radius 2 is 0.857 bits per heavy atom. The van der Waals surface area contributed by atoms with Gasteiger partial charge < -0.3 is 4.42 Å². The zero-order chi connectivity index (χ0) is 36.8. The van der Waals surface area contributed by atoms with Gasteiger partial charge in [0.15, 0.2) is 5.82 Å². The minimum absolute atomic E-state index is 0.589. The monoisotopic (exact) mass is 712 g/mol. The molecule has 0 unspecified atom stereocenters. The fourth-order valence-electron chi connectivity index (χ4n) is 9.61. The molecule has 0 N–H and O–H groups in total. The van der Waals surface area contributed by atoms with Gasteiger partial charge in [-0.15, -0.1) is 0 Å². The van der Waals surface area contributed by atoms with Crippen LogP contribution in [0.25, 0.3) is 89.2 Å².